The number of benzene rings is 2. The van der Waals surface area contributed by atoms with Crippen LogP contribution in [0.15, 0.2) is 36.4 Å². The lowest BCUT2D eigenvalue weighted by atomic mass is 9.78. The molecular formula is C31H37F6N3O3. The second-order valence-electron chi connectivity index (χ2n) is 12.2. The monoisotopic (exact) mass is 613 g/mol. The fraction of sp³-hybridized carbons (Fsp3) is 0.548. The Bertz CT molecular complexity index is 1340. The van der Waals surface area contributed by atoms with E-state index in [0.29, 0.717) is 50.8 Å². The Morgan fingerprint density at radius 1 is 1.05 bits per heavy atom. The summed E-state index contributed by atoms with van der Waals surface area (Å²) in [5.74, 6) is -2.03. The lowest BCUT2D eigenvalue weighted by Crippen LogP contribution is -2.63. The summed E-state index contributed by atoms with van der Waals surface area (Å²) in [4.78, 5) is 30.8. The van der Waals surface area contributed by atoms with Crippen molar-refractivity contribution >= 4 is 11.9 Å². The van der Waals surface area contributed by atoms with Crippen molar-refractivity contribution < 1.29 is 41.0 Å². The number of rotatable bonds is 9. The number of carbonyl (C=O) groups is 2. The predicted octanol–water partition coefficient (Wildman–Crippen LogP) is 5.84. The summed E-state index contributed by atoms with van der Waals surface area (Å²) in [5, 5.41) is 8.97. The zero-order valence-corrected chi connectivity index (χ0v) is 24.6. The molecule has 0 radical (unpaired) electrons. The van der Waals surface area contributed by atoms with Crippen LogP contribution in [-0.4, -0.2) is 83.5 Å². The van der Waals surface area contributed by atoms with Gasteiger partial charge < -0.3 is 10.0 Å². The van der Waals surface area contributed by atoms with Gasteiger partial charge in [-0.2, -0.15) is 13.2 Å². The van der Waals surface area contributed by atoms with Crippen molar-refractivity contribution in [3.8, 4) is 0 Å². The van der Waals surface area contributed by atoms with Gasteiger partial charge in [-0.3, -0.25) is 19.4 Å². The average Bonchev–Trinajstić information content (AvgIpc) is 2.90. The Labute approximate surface area is 247 Å². The van der Waals surface area contributed by atoms with Gasteiger partial charge in [-0.05, 0) is 74.2 Å². The molecule has 2 aromatic rings. The minimum Gasteiger partial charge on any atom is -0.481 e. The number of carboxylic acids is 1. The molecule has 2 heterocycles. The molecule has 0 saturated carbocycles. The Morgan fingerprint density at radius 2 is 1.70 bits per heavy atom. The number of alkyl halides is 5. The van der Waals surface area contributed by atoms with Crippen molar-refractivity contribution in [1.82, 2.24) is 14.7 Å². The third-order valence-electron chi connectivity index (χ3n) is 8.94. The normalized spacial score (nSPS) is 20.7. The molecule has 2 aliphatic rings. The molecule has 4 rings (SSSR count). The number of nitrogens with zero attached hydrogens (tertiary/aromatic N) is 3. The molecule has 2 fully saturated rings. The van der Waals surface area contributed by atoms with E-state index in [1.807, 2.05) is 0 Å². The van der Waals surface area contributed by atoms with Gasteiger partial charge in [-0.25, -0.2) is 13.2 Å². The molecule has 0 spiro atoms. The molecule has 6 nitrogen and oxygen atoms in total. The number of halogens is 6. The van der Waals surface area contributed by atoms with Crippen LogP contribution in [0, 0.1) is 12.7 Å². The highest BCUT2D eigenvalue weighted by Crippen LogP contribution is 2.39. The van der Waals surface area contributed by atoms with Crippen LogP contribution < -0.4 is 0 Å². The molecule has 1 amide bonds. The summed E-state index contributed by atoms with van der Waals surface area (Å²) in [7, 11) is 1.58. The summed E-state index contributed by atoms with van der Waals surface area (Å²) in [5.41, 5.74) is -2.22. The van der Waals surface area contributed by atoms with Gasteiger partial charge in [0.05, 0.1) is 17.4 Å². The molecule has 43 heavy (non-hydrogen) atoms. The fourth-order valence-corrected chi connectivity index (χ4v) is 6.35. The molecule has 12 heteroatoms. The maximum absolute atomic E-state index is 14.0. The van der Waals surface area contributed by atoms with E-state index in [9.17, 15) is 35.9 Å². The van der Waals surface area contributed by atoms with Crippen LogP contribution in [0.2, 0.25) is 0 Å². The third-order valence-corrected chi connectivity index (χ3v) is 8.94. The van der Waals surface area contributed by atoms with Gasteiger partial charge in [-0.1, -0.05) is 6.07 Å². The highest BCUT2D eigenvalue weighted by atomic mass is 19.4. The highest BCUT2D eigenvalue weighted by molar-refractivity contribution is 5.87. The van der Waals surface area contributed by atoms with Gasteiger partial charge in [0.25, 0.3) is 6.43 Å². The first kappa shape index (κ1) is 32.8. The van der Waals surface area contributed by atoms with Crippen molar-refractivity contribution in [1.29, 1.82) is 0 Å². The minimum absolute atomic E-state index is 0.0551. The van der Waals surface area contributed by atoms with Gasteiger partial charge in [0.2, 0.25) is 5.91 Å². The largest absolute Gasteiger partial charge is 0.481 e. The number of likely N-dealkylation sites (tertiary alicyclic amines) is 2. The number of aliphatic carboxylic acids is 1. The minimum atomic E-state index is -4.87. The molecule has 0 aromatic heterocycles. The van der Waals surface area contributed by atoms with Crippen molar-refractivity contribution in [3.05, 3.63) is 70.0 Å². The molecule has 2 aliphatic heterocycles. The first-order chi connectivity index (χ1) is 20.0. The van der Waals surface area contributed by atoms with Crippen LogP contribution in [0.3, 0.4) is 0 Å². The summed E-state index contributed by atoms with van der Waals surface area (Å²) < 4.78 is 82.0. The van der Waals surface area contributed by atoms with Crippen LogP contribution in [0.1, 0.15) is 66.8 Å². The quantitative estimate of drug-likeness (QED) is 0.360. The summed E-state index contributed by atoms with van der Waals surface area (Å²) in [6.07, 6.45) is -7.44. The van der Waals surface area contributed by atoms with Gasteiger partial charge in [-0.15, -0.1) is 0 Å². The molecule has 2 atom stereocenters. The van der Waals surface area contributed by atoms with Crippen LogP contribution in [0.4, 0.5) is 26.3 Å². The van der Waals surface area contributed by atoms with Crippen molar-refractivity contribution in [2.45, 2.75) is 69.6 Å². The lowest BCUT2D eigenvalue weighted by molar-refractivity contribution is -0.140. The summed E-state index contributed by atoms with van der Waals surface area (Å²) in [6, 6.07) is 6.39. The first-order valence-electron chi connectivity index (χ1n) is 14.2. The lowest BCUT2D eigenvalue weighted by Gasteiger charge is -2.51. The van der Waals surface area contributed by atoms with Gasteiger partial charge in [0.1, 0.15) is 5.82 Å². The number of amides is 1. The van der Waals surface area contributed by atoms with E-state index in [2.05, 4.69) is 9.80 Å². The number of aryl methyl sites for hydroxylation is 1. The Hall–Kier alpha value is -3.12. The Kier molecular flexibility index (Phi) is 9.51. The topological polar surface area (TPSA) is 64.1 Å². The van der Waals surface area contributed by atoms with Gasteiger partial charge in [0, 0.05) is 63.3 Å². The number of likely N-dealkylation sites (N-methyl/N-ethyl adjacent to an activating group) is 1. The van der Waals surface area contributed by atoms with Crippen molar-refractivity contribution in [3.63, 3.8) is 0 Å². The summed E-state index contributed by atoms with van der Waals surface area (Å²) >= 11 is 0. The molecule has 236 valence electrons. The zero-order valence-electron chi connectivity index (χ0n) is 24.6. The van der Waals surface area contributed by atoms with E-state index in [1.54, 1.807) is 20.0 Å². The van der Waals surface area contributed by atoms with E-state index >= 15 is 0 Å². The molecule has 2 aromatic carbocycles. The SMILES string of the molecule is Cc1cc(F)ccc1[C@H]1CN(C2CN(CCC(=O)O)C2)CC[C@@H]1N(C)C(=O)C(C)(C)c1cc(C(F)F)cc(C(F)(F)F)c1. The van der Waals surface area contributed by atoms with E-state index in [0.717, 1.165) is 17.7 Å². The van der Waals surface area contributed by atoms with Crippen LogP contribution >= 0.6 is 0 Å². The molecule has 2 saturated heterocycles. The van der Waals surface area contributed by atoms with Crippen molar-refractivity contribution in [2.24, 2.45) is 0 Å². The number of piperidine rings is 1. The zero-order chi connectivity index (χ0) is 31.9. The highest BCUT2D eigenvalue weighted by Gasteiger charge is 2.44. The van der Waals surface area contributed by atoms with E-state index < -0.39 is 52.9 Å². The van der Waals surface area contributed by atoms with Gasteiger partial charge in [0.15, 0.2) is 0 Å². The van der Waals surface area contributed by atoms with E-state index in [1.165, 1.54) is 30.9 Å². The fourth-order valence-electron chi connectivity index (χ4n) is 6.35. The Balaban J connectivity index is 1.61. The van der Waals surface area contributed by atoms with Crippen LogP contribution in [-0.2, 0) is 21.2 Å². The molecular weight excluding hydrogens is 576 g/mol. The van der Waals surface area contributed by atoms with E-state index in [4.69, 9.17) is 5.11 Å². The smallest absolute Gasteiger partial charge is 0.416 e. The standard InChI is InChI=1S/C31H37F6N3O3/c1-18-11-22(32)5-6-24(18)25-17-40(23-15-39(16-23)9-8-27(41)42)10-7-26(25)38(4)29(43)30(2,3)20-12-19(28(33)34)13-21(14-20)31(35,36)37/h5-6,11-14,23,25-26,28H,7-10,15-17H2,1-4H3,(H,41,42)/t25-,26+/m1/s1. The van der Waals surface area contributed by atoms with E-state index in [-0.39, 0.29) is 23.9 Å². The number of carboxylic acid groups (broad SMARTS) is 1. The third kappa shape index (κ3) is 7.17. The number of hydrogen-bond acceptors (Lipinski definition) is 4. The predicted molar refractivity (Wildman–Crippen MR) is 149 cm³/mol. The molecule has 1 N–H and O–H groups in total. The maximum Gasteiger partial charge on any atom is 0.416 e. The van der Waals surface area contributed by atoms with Crippen LogP contribution in [0.5, 0.6) is 0 Å². The maximum atomic E-state index is 14.0. The van der Waals surface area contributed by atoms with Gasteiger partial charge >= 0.3 is 12.1 Å². The molecule has 0 bridgehead atoms. The number of hydrogen-bond donors (Lipinski definition) is 1. The average molecular weight is 614 g/mol. The number of carbonyl (C=O) groups excluding carboxylic acids is 1. The Morgan fingerprint density at radius 3 is 2.28 bits per heavy atom. The molecule has 0 aliphatic carbocycles. The summed E-state index contributed by atoms with van der Waals surface area (Å²) in [6.45, 7) is 7.67. The van der Waals surface area contributed by atoms with Crippen LogP contribution in [0.25, 0.3) is 0 Å². The van der Waals surface area contributed by atoms with Crippen molar-refractivity contribution in [2.75, 3.05) is 39.8 Å². The first-order valence-corrected chi connectivity index (χ1v) is 14.2. The molecule has 0 unspecified atom stereocenters. The second kappa shape index (κ2) is 12.5. The second-order valence-corrected chi connectivity index (χ2v) is 12.2.